The minimum absolute atomic E-state index is 0.000261. The Hall–Kier alpha value is -4.14. The summed E-state index contributed by atoms with van der Waals surface area (Å²) in [7, 11) is -4.21. The molecule has 0 spiro atoms. The van der Waals surface area contributed by atoms with E-state index in [-0.39, 0.29) is 23.8 Å². The summed E-state index contributed by atoms with van der Waals surface area (Å²) in [6.45, 7) is 9.00. The second-order valence-electron chi connectivity index (χ2n) is 12.1. The lowest BCUT2D eigenvalue weighted by molar-refractivity contribution is -0.140. The second-order valence-corrected chi connectivity index (χ2v) is 14.4. The van der Waals surface area contributed by atoms with Crippen LogP contribution < -0.4 is 9.62 Å². The highest BCUT2D eigenvalue weighted by Crippen LogP contribution is 2.28. The summed E-state index contributed by atoms with van der Waals surface area (Å²) in [5.41, 5.74) is 3.17. The molecule has 0 heterocycles. The van der Waals surface area contributed by atoms with E-state index >= 15 is 0 Å². The fraction of sp³-hybridized carbons (Fsp3) is 0.278. The van der Waals surface area contributed by atoms with Crippen molar-refractivity contribution in [3.8, 4) is 0 Å². The van der Waals surface area contributed by atoms with Gasteiger partial charge in [-0.25, -0.2) is 8.42 Å². The van der Waals surface area contributed by atoms with Crippen LogP contribution in [0, 0.1) is 13.8 Å². The van der Waals surface area contributed by atoms with Crippen molar-refractivity contribution in [2.45, 2.75) is 64.1 Å². The molecule has 4 aromatic carbocycles. The van der Waals surface area contributed by atoms with Gasteiger partial charge in [0.1, 0.15) is 12.6 Å². The second kappa shape index (κ2) is 14.3. The van der Waals surface area contributed by atoms with Crippen LogP contribution in [-0.4, -0.2) is 43.3 Å². The number of benzene rings is 4. The van der Waals surface area contributed by atoms with Gasteiger partial charge in [0.05, 0.1) is 10.6 Å². The lowest BCUT2D eigenvalue weighted by Gasteiger charge is -2.35. The van der Waals surface area contributed by atoms with E-state index in [9.17, 15) is 18.0 Å². The zero-order chi connectivity index (χ0) is 32.8. The molecule has 1 atom stereocenters. The van der Waals surface area contributed by atoms with Gasteiger partial charge in [-0.1, -0.05) is 84.4 Å². The Morgan fingerprint density at radius 2 is 1.38 bits per heavy atom. The Bertz CT molecular complexity index is 1740. The normalized spacial score (nSPS) is 12.3. The molecule has 0 aliphatic heterocycles. The summed E-state index contributed by atoms with van der Waals surface area (Å²) < 4.78 is 29.5. The molecule has 0 fully saturated rings. The predicted molar refractivity (Wildman–Crippen MR) is 181 cm³/mol. The monoisotopic (exact) mass is 645 g/mol. The van der Waals surface area contributed by atoms with Crippen molar-refractivity contribution < 1.29 is 18.0 Å². The van der Waals surface area contributed by atoms with Gasteiger partial charge in [0.25, 0.3) is 10.0 Å². The number of nitrogens with one attached hydrogen (secondary N) is 1. The van der Waals surface area contributed by atoms with Crippen molar-refractivity contribution in [3.63, 3.8) is 0 Å². The van der Waals surface area contributed by atoms with Crippen LogP contribution in [0.4, 0.5) is 5.69 Å². The Balaban J connectivity index is 1.84. The van der Waals surface area contributed by atoms with E-state index in [1.54, 1.807) is 25.1 Å². The van der Waals surface area contributed by atoms with Crippen LogP contribution in [0.15, 0.2) is 108 Å². The summed E-state index contributed by atoms with van der Waals surface area (Å²) in [4.78, 5) is 30.1. The van der Waals surface area contributed by atoms with Gasteiger partial charge in [-0.15, -0.1) is 0 Å². The third-order valence-electron chi connectivity index (χ3n) is 7.44. The summed E-state index contributed by atoms with van der Waals surface area (Å²) in [6, 6.07) is 29.1. The molecule has 4 rings (SSSR count). The largest absolute Gasteiger partial charge is 0.350 e. The van der Waals surface area contributed by atoms with E-state index in [0.717, 1.165) is 21.0 Å². The smallest absolute Gasteiger partial charge is 0.264 e. The topological polar surface area (TPSA) is 86.8 Å². The highest BCUT2D eigenvalue weighted by molar-refractivity contribution is 7.92. The minimum Gasteiger partial charge on any atom is -0.350 e. The van der Waals surface area contributed by atoms with Crippen LogP contribution in [-0.2, 0) is 32.6 Å². The Kier molecular flexibility index (Phi) is 10.7. The fourth-order valence-electron chi connectivity index (χ4n) is 5.07. The first-order chi connectivity index (χ1) is 21.3. The van der Waals surface area contributed by atoms with E-state index < -0.39 is 34.1 Å². The van der Waals surface area contributed by atoms with Crippen LogP contribution in [0.5, 0.6) is 0 Å². The molecule has 4 aromatic rings. The van der Waals surface area contributed by atoms with Crippen molar-refractivity contribution in [2.75, 3.05) is 10.8 Å². The van der Waals surface area contributed by atoms with E-state index in [0.29, 0.717) is 16.3 Å². The van der Waals surface area contributed by atoms with Crippen molar-refractivity contribution in [3.05, 3.63) is 130 Å². The molecule has 0 aliphatic carbocycles. The van der Waals surface area contributed by atoms with Crippen LogP contribution >= 0.6 is 11.6 Å². The zero-order valence-electron chi connectivity index (χ0n) is 26.3. The van der Waals surface area contributed by atoms with Gasteiger partial charge in [0.2, 0.25) is 11.8 Å². The number of rotatable bonds is 11. The third kappa shape index (κ3) is 8.74. The molecule has 1 N–H and O–H groups in total. The summed E-state index contributed by atoms with van der Waals surface area (Å²) >= 11 is 6.07. The van der Waals surface area contributed by atoms with Crippen LogP contribution in [0.2, 0.25) is 5.02 Å². The third-order valence-corrected chi connectivity index (χ3v) is 9.46. The lowest BCUT2D eigenvalue weighted by Crippen LogP contribution is -2.56. The molecule has 45 heavy (non-hydrogen) atoms. The first kappa shape index (κ1) is 33.7. The van der Waals surface area contributed by atoms with Crippen LogP contribution in [0.25, 0.3) is 0 Å². The summed E-state index contributed by atoms with van der Waals surface area (Å²) in [6.07, 6.45) is 0.245. The maximum absolute atomic E-state index is 14.6. The first-order valence-electron chi connectivity index (χ1n) is 14.8. The van der Waals surface area contributed by atoms with Gasteiger partial charge in [0.15, 0.2) is 0 Å². The zero-order valence-corrected chi connectivity index (χ0v) is 27.9. The summed E-state index contributed by atoms with van der Waals surface area (Å²) in [5.74, 6) is -0.833. The molecule has 0 radical (unpaired) electrons. The number of amides is 2. The Morgan fingerprint density at radius 1 is 0.800 bits per heavy atom. The minimum atomic E-state index is -4.21. The number of anilines is 1. The molecular weight excluding hydrogens is 606 g/mol. The van der Waals surface area contributed by atoms with Gasteiger partial charge in [-0.05, 0) is 87.2 Å². The van der Waals surface area contributed by atoms with Crippen molar-refractivity contribution in [2.24, 2.45) is 0 Å². The Labute approximate surface area is 271 Å². The molecule has 1 unspecified atom stereocenters. The number of aryl methyl sites for hydroxylation is 2. The van der Waals surface area contributed by atoms with Gasteiger partial charge < -0.3 is 10.2 Å². The maximum atomic E-state index is 14.6. The quantitative estimate of drug-likeness (QED) is 0.197. The number of carbonyl (C=O) groups excluding carboxylic acids is 2. The standard InChI is InChI=1S/C36H40ClN3O4S/c1-26-13-9-11-17-29(26)24-39(33(35(42)38-36(3,4)5)23-28-15-7-6-8-16-28)34(41)25-40(32-18-12-10-14-27(32)2)45(43,44)31-21-19-30(37)20-22-31/h6-22,33H,23-25H2,1-5H3,(H,38,42). The lowest BCUT2D eigenvalue weighted by atomic mass is 10.00. The number of nitrogens with zero attached hydrogens (tertiary/aromatic N) is 2. The molecule has 0 bridgehead atoms. The van der Waals surface area contributed by atoms with Gasteiger partial charge in [0, 0.05) is 23.5 Å². The number of para-hydroxylation sites is 1. The average molecular weight is 646 g/mol. The summed E-state index contributed by atoms with van der Waals surface area (Å²) in [5, 5.41) is 3.45. The molecule has 0 saturated heterocycles. The maximum Gasteiger partial charge on any atom is 0.264 e. The molecule has 7 nitrogen and oxygen atoms in total. The highest BCUT2D eigenvalue weighted by atomic mass is 35.5. The molecule has 2 amide bonds. The van der Waals surface area contributed by atoms with Gasteiger partial charge in [-0.2, -0.15) is 0 Å². The molecule has 0 saturated carbocycles. The van der Waals surface area contributed by atoms with E-state index in [4.69, 9.17) is 11.6 Å². The van der Waals surface area contributed by atoms with Crippen LogP contribution in [0.3, 0.4) is 0 Å². The number of sulfonamides is 1. The number of carbonyl (C=O) groups is 2. The number of halogens is 1. The first-order valence-corrected chi connectivity index (χ1v) is 16.6. The Morgan fingerprint density at radius 3 is 1.98 bits per heavy atom. The van der Waals surface area contributed by atoms with Gasteiger partial charge >= 0.3 is 0 Å². The van der Waals surface area contributed by atoms with E-state index in [1.807, 2.05) is 88.4 Å². The molecule has 0 aromatic heterocycles. The molecule has 0 aliphatic rings. The van der Waals surface area contributed by atoms with Crippen molar-refractivity contribution in [1.29, 1.82) is 0 Å². The fourth-order valence-corrected chi connectivity index (χ4v) is 6.67. The predicted octanol–water partition coefficient (Wildman–Crippen LogP) is 6.71. The molecule has 236 valence electrons. The van der Waals surface area contributed by atoms with Gasteiger partial charge in [-0.3, -0.25) is 13.9 Å². The average Bonchev–Trinajstić information content (AvgIpc) is 2.98. The molecule has 9 heteroatoms. The van der Waals surface area contributed by atoms with E-state index in [1.165, 1.54) is 29.2 Å². The van der Waals surface area contributed by atoms with Crippen molar-refractivity contribution >= 4 is 39.1 Å². The SMILES string of the molecule is Cc1ccccc1CN(C(=O)CN(c1ccccc1C)S(=O)(=O)c1ccc(Cl)cc1)C(Cc1ccccc1)C(=O)NC(C)(C)C. The highest BCUT2D eigenvalue weighted by Gasteiger charge is 2.36. The van der Waals surface area contributed by atoms with E-state index in [2.05, 4.69) is 5.32 Å². The number of hydrogen-bond acceptors (Lipinski definition) is 4. The molecular formula is C36H40ClN3O4S. The van der Waals surface area contributed by atoms with Crippen LogP contribution in [0.1, 0.15) is 43.0 Å². The van der Waals surface area contributed by atoms with Crippen molar-refractivity contribution in [1.82, 2.24) is 10.2 Å². The number of hydrogen-bond donors (Lipinski definition) is 1.